The highest BCUT2D eigenvalue weighted by atomic mass is 35.5. The fourth-order valence-corrected chi connectivity index (χ4v) is 3.16. The summed E-state index contributed by atoms with van der Waals surface area (Å²) in [7, 11) is 1.63. The van der Waals surface area contributed by atoms with E-state index in [1.54, 1.807) is 41.2 Å². The van der Waals surface area contributed by atoms with E-state index in [1.807, 2.05) is 24.3 Å². The fraction of sp³-hybridized carbons (Fsp3) is 0.300. The lowest BCUT2D eigenvalue weighted by molar-refractivity contribution is 0.0535. The summed E-state index contributed by atoms with van der Waals surface area (Å²) >= 11 is 5.87. The van der Waals surface area contributed by atoms with Gasteiger partial charge in [-0.05, 0) is 42.0 Å². The summed E-state index contributed by atoms with van der Waals surface area (Å²) in [6.45, 7) is 2.56. The van der Waals surface area contributed by atoms with E-state index >= 15 is 0 Å². The van der Waals surface area contributed by atoms with Gasteiger partial charge in [-0.2, -0.15) is 0 Å². The van der Waals surface area contributed by atoms with Crippen molar-refractivity contribution < 1.29 is 14.3 Å². The first-order valence-corrected chi connectivity index (χ1v) is 8.88. The van der Waals surface area contributed by atoms with Crippen molar-refractivity contribution in [2.75, 3.05) is 33.3 Å². The molecule has 1 aliphatic heterocycles. The van der Waals surface area contributed by atoms with Crippen molar-refractivity contribution in [1.82, 2.24) is 9.80 Å². The average molecular weight is 373 g/mol. The Hall–Kier alpha value is -2.37. The number of nitrogens with zero attached hydrogens (tertiary/aromatic N) is 2. The molecule has 26 heavy (non-hydrogen) atoms. The highest BCUT2D eigenvalue weighted by molar-refractivity contribution is 6.30. The van der Waals surface area contributed by atoms with E-state index in [1.165, 1.54) is 0 Å². The molecule has 0 aliphatic carbocycles. The maximum Gasteiger partial charge on any atom is 0.253 e. The molecule has 1 heterocycles. The van der Waals surface area contributed by atoms with Gasteiger partial charge in [0.25, 0.3) is 11.8 Å². The number of carbonyl (C=O) groups excluding carboxylic acids is 2. The Balaban J connectivity index is 1.61. The quantitative estimate of drug-likeness (QED) is 0.828. The van der Waals surface area contributed by atoms with Crippen LogP contribution in [0.3, 0.4) is 0 Å². The zero-order chi connectivity index (χ0) is 18.5. The normalized spacial score (nSPS) is 14.4. The first kappa shape index (κ1) is 18.4. The molecule has 2 amide bonds. The highest BCUT2D eigenvalue weighted by Gasteiger charge is 2.25. The Bertz CT molecular complexity index is 784. The van der Waals surface area contributed by atoms with Gasteiger partial charge in [0, 0.05) is 49.4 Å². The molecule has 0 radical (unpaired) electrons. The molecule has 0 unspecified atom stereocenters. The Morgan fingerprint density at radius 2 is 1.50 bits per heavy atom. The van der Waals surface area contributed by atoms with Crippen LogP contribution in [-0.2, 0) is 11.3 Å². The molecule has 0 bridgehead atoms. The molecule has 0 N–H and O–H groups in total. The van der Waals surface area contributed by atoms with Gasteiger partial charge in [0.05, 0.1) is 6.61 Å². The maximum atomic E-state index is 12.7. The first-order valence-electron chi connectivity index (χ1n) is 8.50. The Labute approximate surface area is 158 Å². The van der Waals surface area contributed by atoms with E-state index in [2.05, 4.69) is 0 Å². The van der Waals surface area contributed by atoms with Gasteiger partial charge >= 0.3 is 0 Å². The number of carbonyl (C=O) groups is 2. The van der Waals surface area contributed by atoms with Gasteiger partial charge in [-0.15, -0.1) is 0 Å². The minimum Gasteiger partial charge on any atom is -0.380 e. The van der Waals surface area contributed by atoms with Gasteiger partial charge in [-0.3, -0.25) is 9.59 Å². The number of ether oxygens (including phenoxy) is 1. The fourth-order valence-electron chi connectivity index (χ4n) is 3.03. The Kier molecular flexibility index (Phi) is 5.91. The van der Waals surface area contributed by atoms with Crippen LogP contribution in [0.25, 0.3) is 0 Å². The molecule has 136 valence electrons. The van der Waals surface area contributed by atoms with Crippen molar-refractivity contribution in [3.05, 3.63) is 70.2 Å². The van der Waals surface area contributed by atoms with Crippen LogP contribution in [-0.4, -0.2) is 54.9 Å². The summed E-state index contributed by atoms with van der Waals surface area (Å²) in [4.78, 5) is 28.8. The van der Waals surface area contributed by atoms with Crippen LogP contribution in [0.4, 0.5) is 0 Å². The summed E-state index contributed by atoms with van der Waals surface area (Å²) in [5.41, 5.74) is 2.23. The smallest absolute Gasteiger partial charge is 0.253 e. The maximum absolute atomic E-state index is 12.7. The van der Waals surface area contributed by atoms with Gasteiger partial charge in [-0.25, -0.2) is 0 Å². The zero-order valence-corrected chi connectivity index (χ0v) is 15.4. The van der Waals surface area contributed by atoms with Crippen molar-refractivity contribution in [3.8, 4) is 0 Å². The van der Waals surface area contributed by atoms with Gasteiger partial charge in [0.15, 0.2) is 0 Å². The second-order valence-corrected chi connectivity index (χ2v) is 6.66. The van der Waals surface area contributed by atoms with E-state index in [-0.39, 0.29) is 11.8 Å². The first-order chi connectivity index (χ1) is 12.6. The van der Waals surface area contributed by atoms with E-state index in [4.69, 9.17) is 16.3 Å². The number of benzene rings is 2. The Morgan fingerprint density at radius 1 is 0.923 bits per heavy atom. The monoisotopic (exact) mass is 372 g/mol. The van der Waals surface area contributed by atoms with Crippen LogP contribution in [0.2, 0.25) is 5.02 Å². The molecule has 2 aromatic rings. The molecule has 3 rings (SSSR count). The van der Waals surface area contributed by atoms with Crippen molar-refractivity contribution in [3.63, 3.8) is 0 Å². The van der Waals surface area contributed by atoms with E-state index in [9.17, 15) is 9.59 Å². The Morgan fingerprint density at radius 3 is 2.08 bits per heavy atom. The van der Waals surface area contributed by atoms with Crippen LogP contribution in [0.1, 0.15) is 26.3 Å². The largest absolute Gasteiger partial charge is 0.380 e. The number of piperazine rings is 1. The minimum atomic E-state index is -0.0316. The van der Waals surface area contributed by atoms with Crippen molar-refractivity contribution in [2.45, 2.75) is 6.61 Å². The van der Waals surface area contributed by atoms with Gasteiger partial charge in [-0.1, -0.05) is 23.7 Å². The number of halogens is 1. The highest BCUT2D eigenvalue weighted by Crippen LogP contribution is 2.15. The van der Waals surface area contributed by atoms with Crippen LogP contribution in [0, 0.1) is 0 Å². The van der Waals surface area contributed by atoms with Crippen LogP contribution >= 0.6 is 11.6 Å². The standard InChI is InChI=1S/C20H21ClN2O3/c1-26-14-15-3-2-4-17(13-15)20(25)23-11-9-22(10-12-23)19(24)16-5-7-18(21)8-6-16/h2-8,13H,9-12,14H2,1H3. The summed E-state index contributed by atoms with van der Waals surface area (Å²) in [6, 6.07) is 14.3. The van der Waals surface area contributed by atoms with Crippen LogP contribution in [0.5, 0.6) is 0 Å². The summed E-state index contributed by atoms with van der Waals surface area (Å²) in [6.07, 6.45) is 0. The number of rotatable bonds is 4. The molecule has 2 aromatic carbocycles. The van der Waals surface area contributed by atoms with Crippen LogP contribution in [0.15, 0.2) is 48.5 Å². The molecule has 1 aliphatic rings. The molecule has 6 heteroatoms. The lowest BCUT2D eigenvalue weighted by atomic mass is 10.1. The molecule has 0 spiro atoms. The number of hydrogen-bond acceptors (Lipinski definition) is 3. The molecule has 0 saturated carbocycles. The van der Waals surface area contributed by atoms with Crippen molar-refractivity contribution >= 4 is 23.4 Å². The molecular formula is C20H21ClN2O3. The van der Waals surface area contributed by atoms with Gasteiger partial charge < -0.3 is 14.5 Å². The van der Waals surface area contributed by atoms with E-state index in [0.717, 1.165) is 5.56 Å². The third-order valence-corrected chi connectivity index (χ3v) is 4.68. The molecule has 5 nitrogen and oxygen atoms in total. The molecule has 1 saturated heterocycles. The predicted octanol–water partition coefficient (Wildman–Crippen LogP) is 3.08. The average Bonchev–Trinajstić information content (AvgIpc) is 2.68. The SMILES string of the molecule is COCc1cccc(C(=O)N2CCN(C(=O)c3ccc(Cl)cc3)CC2)c1. The number of amides is 2. The third kappa shape index (κ3) is 4.23. The van der Waals surface area contributed by atoms with Gasteiger partial charge in [0.2, 0.25) is 0 Å². The topological polar surface area (TPSA) is 49.9 Å². The molecule has 1 fully saturated rings. The van der Waals surface area contributed by atoms with Crippen molar-refractivity contribution in [1.29, 1.82) is 0 Å². The second kappa shape index (κ2) is 8.34. The molecule has 0 aromatic heterocycles. The third-order valence-electron chi connectivity index (χ3n) is 4.43. The number of hydrogen-bond donors (Lipinski definition) is 0. The minimum absolute atomic E-state index is 0.0125. The zero-order valence-electron chi connectivity index (χ0n) is 14.7. The summed E-state index contributed by atoms with van der Waals surface area (Å²) in [5.74, 6) is -0.0441. The van der Waals surface area contributed by atoms with Crippen molar-refractivity contribution in [2.24, 2.45) is 0 Å². The lowest BCUT2D eigenvalue weighted by Crippen LogP contribution is -2.50. The number of methoxy groups -OCH3 is 1. The van der Waals surface area contributed by atoms with E-state index in [0.29, 0.717) is 48.9 Å². The summed E-state index contributed by atoms with van der Waals surface area (Å²) in [5, 5.41) is 0.604. The van der Waals surface area contributed by atoms with Gasteiger partial charge in [0.1, 0.15) is 0 Å². The lowest BCUT2D eigenvalue weighted by Gasteiger charge is -2.35. The second-order valence-electron chi connectivity index (χ2n) is 6.22. The van der Waals surface area contributed by atoms with E-state index < -0.39 is 0 Å². The predicted molar refractivity (Wildman–Crippen MR) is 100 cm³/mol. The molecular weight excluding hydrogens is 352 g/mol. The summed E-state index contributed by atoms with van der Waals surface area (Å²) < 4.78 is 5.12. The molecule has 0 atom stereocenters. The van der Waals surface area contributed by atoms with Crippen LogP contribution < -0.4 is 0 Å².